The lowest BCUT2D eigenvalue weighted by molar-refractivity contribution is -0.136. The Kier molecular flexibility index (Phi) is 4.98. The number of hydrogen-bond acceptors (Lipinski definition) is 5. The van der Waals surface area contributed by atoms with E-state index in [0.29, 0.717) is 18.5 Å². The first kappa shape index (κ1) is 19.8. The second kappa shape index (κ2) is 7.81. The molecule has 2 aromatic rings. The number of piperidine rings is 1. The minimum atomic E-state index is -0.604. The molecule has 0 unspecified atom stereocenters. The second-order valence-electron chi connectivity index (χ2n) is 8.51. The third-order valence-electron chi connectivity index (χ3n) is 6.43. The molecule has 5 rings (SSSR count). The molecule has 1 saturated heterocycles. The van der Waals surface area contributed by atoms with E-state index in [0.717, 1.165) is 37.1 Å². The zero-order valence-electron chi connectivity index (χ0n) is 17.2. The third-order valence-corrected chi connectivity index (χ3v) is 6.43. The van der Waals surface area contributed by atoms with E-state index in [1.807, 2.05) is 30.3 Å². The zero-order valence-corrected chi connectivity index (χ0v) is 17.2. The summed E-state index contributed by atoms with van der Waals surface area (Å²) in [6, 6.07) is 15.1. The number of carbonyl (C=O) groups is 3. The van der Waals surface area contributed by atoms with E-state index < -0.39 is 17.7 Å². The molecule has 7 heteroatoms. The number of nitrogens with zero attached hydrogens (tertiary/aromatic N) is 1. The molecule has 0 spiro atoms. The van der Waals surface area contributed by atoms with Crippen molar-refractivity contribution in [2.75, 3.05) is 0 Å². The highest BCUT2D eigenvalue weighted by Crippen LogP contribution is 2.37. The minimum absolute atomic E-state index is 0.170. The Bertz CT molecular complexity index is 1030. The van der Waals surface area contributed by atoms with Crippen LogP contribution >= 0.6 is 0 Å². The van der Waals surface area contributed by atoms with E-state index in [1.165, 1.54) is 5.56 Å². The van der Waals surface area contributed by atoms with Crippen LogP contribution in [0.25, 0.3) is 0 Å². The van der Waals surface area contributed by atoms with Gasteiger partial charge in [-0.3, -0.25) is 25.0 Å². The van der Waals surface area contributed by atoms with Crippen LogP contribution in [0.2, 0.25) is 0 Å². The number of fused-ring (bicyclic) bond motifs is 1. The molecular weight excluding hydrogens is 394 g/mol. The molecule has 2 N–H and O–H groups in total. The van der Waals surface area contributed by atoms with Gasteiger partial charge in [-0.15, -0.1) is 0 Å². The van der Waals surface area contributed by atoms with Crippen molar-refractivity contribution in [1.29, 1.82) is 0 Å². The standard InChI is InChI=1S/C24H25N3O4/c28-21-10-9-20(22(29)26-21)27-15-17-13-18(7-8-19(17)23(27)30)31-24(11-4-12-24)25-14-16-5-2-1-3-6-16/h1-3,5-8,13,20,25H,4,9-12,14-15H2,(H,26,28,29)/t20-/m1/s1. The van der Waals surface area contributed by atoms with Crippen LogP contribution in [0.4, 0.5) is 0 Å². The molecule has 2 fully saturated rings. The maximum atomic E-state index is 12.9. The minimum Gasteiger partial charge on any atom is -0.473 e. The van der Waals surface area contributed by atoms with Gasteiger partial charge in [0.1, 0.15) is 11.8 Å². The van der Waals surface area contributed by atoms with Crippen molar-refractivity contribution in [3.05, 3.63) is 65.2 Å². The van der Waals surface area contributed by atoms with E-state index in [9.17, 15) is 14.4 Å². The van der Waals surface area contributed by atoms with E-state index >= 15 is 0 Å². The number of hydrogen-bond donors (Lipinski definition) is 2. The smallest absolute Gasteiger partial charge is 0.255 e. The average Bonchev–Trinajstić information content (AvgIpc) is 3.06. The SMILES string of the molecule is O=C1CC[C@@H](N2Cc3cc(OC4(NCc5ccccc5)CCC4)ccc3C2=O)C(=O)N1. The van der Waals surface area contributed by atoms with Gasteiger partial charge in [0.15, 0.2) is 5.72 Å². The highest BCUT2D eigenvalue weighted by Gasteiger charge is 2.41. The molecule has 2 heterocycles. The first-order valence-corrected chi connectivity index (χ1v) is 10.8. The van der Waals surface area contributed by atoms with Crippen LogP contribution in [0.1, 0.15) is 53.6 Å². The van der Waals surface area contributed by atoms with Gasteiger partial charge < -0.3 is 9.64 Å². The monoisotopic (exact) mass is 419 g/mol. The molecule has 1 saturated carbocycles. The predicted octanol–water partition coefficient (Wildman–Crippen LogP) is 2.50. The predicted molar refractivity (Wildman–Crippen MR) is 113 cm³/mol. The van der Waals surface area contributed by atoms with Crippen molar-refractivity contribution in [1.82, 2.24) is 15.5 Å². The van der Waals surface area contributed by atoms with Gasteiger partial charge in [0.25, 0.3) is 5.91 Å². The van der Waals surface area contributed by atoms with Gasteiger partial charge >= 0.3 is 0 Å². The third kappa shape index (κ3) is 3.81. The van der Waals surface area contributed by atoms with Gasteiger partial charge in [-0.1, -0.05) is 30.3 Å². The summed E-state index contributed by atoms with van der Waals surface area (Å²) < 4.78 is 6.37. The Hall–Kier alpha value is -3.19. The lowest BCUT2D eigenvalue weighted by Crippen LogP contribution is -2.55. The molecule has 1 atom stereocenters. The van der Waals surface area contributed by atoms with Crippen molar-refractivity contribution in [2.24, 2.45) is 0 Å². The van der Waals surface area contributed by atoms with Crippen LogP contribution in [0.15, 0.2) is 48.5 Å². The molecule has 3 amide bonds. The van der Waals surface area contributed by atoms with Crippen LogP contribution in [-0.4, -0.2) is 34.4 Å². The van der Waals surface area contributed by atoms with Gasteiger partial charge in [0.05, 0.1) is 0 Å². The van der Waals surface area contributed by atoms with Crippen molar-refractivity contribution < 1.29 is 19.1 Å². The molecule has 31 heavy (non-hydrogen) atoms. The van der Waals surface area contributed by atoms with E-state index in [2.05, 4.69) is 22.8 Å². The summed E-state index contributed by atoms with van der Waals surface area (Å²) >= 11 is 0. The quantitative estimate of drug-likeness (QED) is 0.555. The Balaban J connectivity index is 1.28. The summed E-state index contributed by atoms with van der Waals surface area (Å²) in [5, 5.41) is 5.89. The fourth-order valence-corrected chi connectivity index (χ4v) is 4.51. The average molecular weight is 419 g/mol. The number of carbonyl (C=O) groups excluding carboxylic acids is 3. The molecule has 3 aliphatic rings. The zero-order chi connectivity index (χ0) is 21.4. The highest BCUT2D eigenvalue weighted by molar-refractivity contribution is 6.05. The number of imide groups is 1. The molecular formula is C24H25N3O4. The van der Waals surface area contributed by atoms with Gasteiger partial charge in [-0.05, 0) is 42.2 Å². The van der Waals surface area contributed by atoms with Crippen LogP contribution < -0.4 is 15.4 Å². The van der Waals surface area contributed by atoms with Crippen LogP contribution in [0, 0.1) is 0 Å². The normalized spacial score (nSPS) is 22.0. The maximum Gasteiger partial charge on any atom is 0.255 e. The van der Waals surface area contributed by atoms with Gasteiger partial charge in [-0.25, -0.2) is 0 Å². The second-order valence-corrected chi connectivity index (χ2v) is 8.51. The number of nitrogens with one attached hydrogen (secondary N) is 2. The molecule has 0 bridgehead atoms. The molecule has 2 aliphatic heterocycles. The van der Waals surface area contributed by atoms with Crippen LogP contribution in [0.5, 0.6) is 5.75 Å². The molecule has 0 aromatic heterocycles. The lowest BCUT2D eigenvalue weighted by atomic mass is 9.87. The van der Waals surface area contributed by atoms with Crippen LogP contribution in [0.3, 0.4) is 0 Å². The number of benzene rings is 2. The highest BCUT2D eigenvalue weighted by atomic mass is 16.5. The molecule has 1 aliphatic carbocycles. The molecule has 0 radical (unpaired) electrons. The van der Waals surface area contributed by atoms with Gasteiger partial charge in [0, 0.05) is 37.9 Å². The Morgan fingerprint density at radius 2 is 1.90 bits per heavy atom. The van der Waals surface area contributed by atoms with Crippen molar-refractivity contribution in [2.45, 2.75) is 57.0 Å². The Labute approximate surface area is 180 Å². The molecule has 2 aromatic carbocycles. The summed E-state index contributed by atoms with van der Waals surface area (Å²) in [6.45, 7) is 1.08. The summed E-state index contributed by atoms with van der Waals surface area (Å²) in [4.78, 5) is 38.1. The van der Waals surface area contributed by atoms with E-state index in [1.54, 1.807) is 11.0 Å². The number of rotatable bonds is 6. The summed E-state index contributed by atoms with van der Waals surface area (Å²) in [7, 11) is 0. The van der Waals surface area contributed by atoms with E-state index in [4.69, 9.17) is 4.74 Å². The summed E-state index contributed by atoms with van der Waals surface area (Å²) in [6.07, 6.45) is 3.58. The fourth-order valence-electron chi connectivity index (χ4n) is 4.51. The summed E-state index contributed by atoms with van der Waals surface area (Å²) in [5.41, 5.74) is 2.26. The Morgan fingerprint density at radius 3 is 2.61 bits per heavy atom. The largest absolute Gasteiger partial charge is 0.473 e. The fraction of sp³-hybridized carbons (Fsp3) is 0.375. The Morgan fingerprint density at radius 1 is 1.10 bits per heavy atom. The number of ether oxygens (including phenoxy) is 1. The first-order chi connectivity index (χ1) is 15.0. The molecule has 160 valence electrons. The van der Waals surface area contributed by atoms with Crippen molar-refractivity contribution >= 4 is 17.7 Å². The van der Waals surface area contributed by atoms with Gasteiger partial charge in [-0.2, -0.15) is 0 Å². The van der Waals surface area contributed by atoms with E-state index in [-0.39, 0.29) is 18.2 Å². The lowest BCUT2D eigenvalue weighted by Gasteiger charge is -2.42. The van der Waals surface area contributed by atoms with Gasteiger partial charge in [0.2, 0.25) is 11.8 Å². The number of amides is 3. The van der Waals surface area contributed by atoms with Crippen molar-refractivity contribution in [3.63, 3.8) is 0 Å². The van der Waals surface area contributed by atoms with Crippen LogP contribution in [-0.2, 0) is 22.7 Å². The summed E-state index contributed by atoms with van der Waals surface area (Å²) in [5.74, 6) is -0.129. The topological polar surface area (TPSA) is 87.7 Å². The maximum absolute atomic E-state index is 12.9. The molecule has 7 nitrogen and oxygen atoms in total. The van der Waals surface area contributed by atoms with Crippen molar-refractivity contribution in [3.8, 4) is 5.75 Å². The first-order valence-electron chi connectivity index (χ1n) is 10.8.